The van der Waals surface area contributed by atoms with Crippen LogP contribution in [0.5, 0.6) is 5.75 Å². The molecule has 148 valence electrons. The first-order valence-corrected chi connectivity index (χ1v) is 9.47. The molecule has 0 spiro atoms. The van der Waals surface area contributed by atoms with Crippen LogP contribution in [0.2, 0.25) is 0 Å². The van der Waals surface area contributed by atoms with Crippen molar-refractivity contribution in [3.05, 3.63) is 51.6 Å². The quantitative estimate of drug-likeness (QED) is 0.169. The summed E-state index contributed by atoms with van der Waals surface area (Å²) < 4.78 is 16.4. The molecule has 2 atom stereocenters. The third-order valence-corrected chi connectivity index (χ3v) is 4.86. The highest BCUT2D eigenvalue weighted by Crippen LogP contribution is 2.46. The zero-order valence-corrected chi connectivity index (χ0v) is 15.8. The monoisotopic (exact) mass is 385 g/mol. The summed E-state index contributed by atoms with van der Waals surface area (Å²) in [6.07, 6.45) is 2.19. The molecule has 0 amide bonds. The number of benzene rings is 1. The summed E-state index contributed by atoms with van der Waals surface area (Å²) in [6.45, 7) is 3.27. The zero-order valence-electron chi connectivity index (χ0n) is 15.8. The number of hydrogen-bond acceptors (Lipinski definition) is 6. The second kappa shape index (κ2) is 9.28. The number of allylic oxidation sites excluding steroid dienone is 2. The summed E-state index contributed by atoms with van der Waals surface area (Å²) in [5.41, 5.74) is 10.0. The summed E-state index contributed by atoms with van der Waals surface area (Å²) in [7, 11) is 0. The van der Waals surface area contributed by atoms with Crippen molar-refractivity contribution in [2.24, 2.45) is 11.0 Å². The first-order chi connectivity index (χ1) is 13.7. The molecule has 3 rings (SSSR count). The smallest absolute Gasteiger partial charge is 0.317 e. The highest BCUT2D eigenvalue weighted by atomic mass is 16.5. The van der Waals surface area contributed by atoms with Gasteiger partial charge in [-0.2, -0.15) is 0 Å². The number of hydrogen-bond donors (Lipinski definition) is 0. The van der Waals surface area contributed by atoms with Gasteiger partial charge in [0, 0.05) is 17.4 Å². The van der Waals surface area contributed by atoms with E-state index in [1.54, 1.807) is 6.92 Å². The fourth-order valence-electron chi connectivity index (χ4n) is 3.67. The Bertz CT molecular complexity index is 812. The molecule has 0 N–H and O–H groups in total. The molecule has 1 aliphatic carbocycles. The van der Waals surface area contributed by atoms with E-state index in [-0.39, 0.29) is 18.3 Å². The average molecular weight is 385 g/mol. The number of Topliss-reactive ketones (excluding diaryl/α,β-unsaturated/α-hetero) is 1. The third-order valence-electron chi connectivity index (χ3n) is 4.86. The van der Waals surface area contributed by atoms with Crippen LogP contribution < -0.4 is 4.74 Å². The van der Waals surface area contributed by atoms with E-state index in [1.807, 2.05) is 24.3 Å². The lowest BCUT2D eigenvalue weighted by Crippen LogP contribution is -2.28. The fourth-order valence-corrected chi connectivity index (χ4v) is 3.67. The minimum absolute atomic E-state index is 0.226. The second-order valence-electron chi connectivity index (χ2n) is 6.60. The highest BCUT2D eigenvalue weighted by Gasteiger charge is 2.49. The van der Waals surface area contributed by atoms with Crippen molar-refractivity contribution in [2.75, 3.05) is 26.4 Å². The predicted octanol–water partition coefficient (Wildman–Crippen LogP) is 3.68. The molecule has 1 aromatic rings. The third kappa shape index (κ3) is 4.12. The van der Waals surface area contributed by atoms with Crippen LogP contribution in [0.15, 0.2) is 40.7 Å². The van der Waals surface area contributed by atoms with Gasteiger partial charge in [0.05, 0.1) is 19.8 Å². The van der Waals surface area contributed by atoms with Crippen LogP contribution in [0.25, 0.3) is 10.4 Å². The van der Waals surface area contributed by atoms with Gasteiger partial charge in [-0.1, -0.05) is 17.2 Å². The van der Waals surface area contributed by atoms with Crippen LogP contribution in [-0.2, 0) is 19.1 Å². The number of nitrogens with zero attached hydrogens (tertiary/aromatic N) is 3. The number of ether oxygens (including phenoxy) is 3. The second-order valence-corrected chi connectivity index (χ2v) is 6.60. The summed E-state index contributed by atoms with van der Waals surface area (Å²) in [4.78, 5) is 28.0. The molecule has 0 saturated heterocycles. The van der Waals surface area contributed by atoms with E-state index in [0.717, 1.165) is 24.0 Å². The van der Waals surface area contributed by atoms with Crippen LogP contribution in [0.1, 0.15) is 37.7 Å². The lowest BCUT2D eigenvalue weighted by atomic mass is 9.83. The van der Waals surface area contributed by atoms with Crippen molar-refractivity contribution in [3.8, 4) is 5.75 Å². The number of azide groups is 1. The fraction of sp³-hybridized carbons (Fsp3) is 0.500. The van der Waals surface area contributed by atoms with E-state index >= 15 is 0 Å². The SMILES string of the molecule is CCOC(=O)C1C(=O)C2=C(CCCO2)C1c1ccc(OCCCN=[N+]=[N-])cc1. The largest absolute Gasteiger partial charge is 0.494 e. The van der Waals surface area contributed by atoms with Crippen LogP contribution in [0.4, 0.5) is 0 Å². The van der Waals surface area contributed by atoms with Crippen LogP contribution in [-0.4, -0.2) is 38.1 Å². The van der Waals surface area contributed by atoms with Crippen molar-refractivity contribution in [2.45, 2.75) is 32.1 Å². The van der Waals surface area contributed by atoms with Gasteiger partial charge < -0.3 is 14.2 Å². The molecule has 0 fully saturated rings. The van der Waals surface area contributed by atoms with Gasteiger partial charge in [0.2, 0.25) is 5.78 Å². The molecule has 0 saturated carbocycles. The van der Waals surface area contributed by atoms with Crippen LogP contribution in [0, 0.1) is 5.92 Å². The van der Waals surface area contributed by atoms with Crippen LogP contribution >= 0.6 is 0 Å². The van der Waals surface area contributed by atoms with Crippen molar-refractivity contribution < 1.29 is 23.8 Å². The van der Waals surface area contributed by atoms with Crippen molar-refractivity contribution in [1.29, 1.82) is 0 Å². The van der Waals surface area contributed by atoms with Crippen LogP contribution in [0.3, 0.4) is 0 Å². The number of carbonyl (C=O) groups excluding carboxylic acids is 2. The topological polar surface area (TPSA) is 111 Å². The number of carbonyl (C=O) groups is 2. The zero-order chi connectivity index (χ0) is 19.9. The molecule has 2 aliphatic rings. The highest BCUT2D eigenvalue weighted by molar-refractivity contribution is 6.11. The van der Waals surface area contributed by atoms with Gasteiger partial charge in [0.25, 0.3) is 0 Å². The summed E-state index contributed by atoms with van der Waals surface area (Å²) >= 11 is 0. The number of esters is 1. The predicted molar refractivity (Wildman–Crippen MR) is 101 cm³/mol. The summed E-state index contributed by atoms with van der Waals surface area (Å²) in [5, 5.41) is 3.46. The van der Waals surface area contributed by atoms with E-state index in [1.165, 1.54) is 0 Å². The molecule has 1 aromatic carbocycles. The Morgan fingerprint density at radius 2 is 2.14 bits per heavy atom. The maximum absolute atomic E-state index is 12.8. The molecule has 28 heavy (non-hydrogen) atoms. The molecule has 2 unspecified atom stereocenters. The molecule has 1 aliphatic heterocycles. The molecular formula is C20H23N3O5. The molecular weight excluding hydrogens is 362 g/mol. The Morgan fingerprint density at radius 3 is 2.86 bits per heavy atom. The maximum Gasteiger partial charge on any atom is 0.317 e. The van der Waals surface area contributed by atoms with Gasteiger partial charge in [0.1, 0.15) is 11.7 Å². The number of rotatable bonds is 8. The average Bonchev–Trinajstić information content (AvgIpc) is 3.01. The van der Waals surface area contributed by atoms with Crippen molar-refractivity contribution in [3.63, 3.8) is 0 Å². The molecule has 8 heteroatoms. The first-order valence-electron chi connectivity index (χ1n) is 9.47. The van der Waals surface area contributed by atoms with Gasteiger partial charge in [0.15, 0.2) is 5.76 Å². The minimum atomic E-state index is -0.890. The van der Waals surface area contributed by atoms with Gasteiger partial charge in [-0.3, -0.25) is 9.59 Å². The lowest BCUT2D eigenvalue weighted by Gasteiger charge is -2.22. The van der Waals surface area contributed by atoms with Gasteiger partial charge >= 0.3 is 5.97 Å². The van der Waals surface area contributed by atoms with Gasteiger partial charge in [-0.05, 0) is 55.0 Å². The number of ketones is 1. The van der Waals surface area contributed by atoms with E-state index in [2.05, 4.69) is 10.0 Å². The van der Waals surface area contributed by atoms with Crippen molar-refractivity contribution in [1.82, 2.24) is 0 Å². The van der Waals surface area contributed by atoms with Gasteiger partial charge in [-0.15, -0.1) is 0 Å². The Hall–Kier alpha value is -2.99. The first kappa shape index (κ1) is 19.8. The maximum atomic E-state index is 12.8. The molecule has 0 radical (unpaired) electrons. The van der Waals surface area contributed by atoms with Crippen molar-refractivity contribution >= 4 is 11.8 Å². The summed E-state index contributed by atoms with van der Waals surface area (Å²) in [5.74, 6) is -1.02. The Balaban J connectivity index is 1.78. The van der Waals surface area contributed by atoms with E-state index in [9.17, 15) is 9.59 Å². The molecule has 0 bridgehead atoms. The Kier molecular flexibility index (Phi) is 6.55. The van der Waals surface area contributed by atoms with Gasteiger partial charge in [-0.25, -0.2) is 0 Å². The Morgan fingerprint density at radius 1 is 1.36 bits per heavy atom. The van der Waals surface area contributed by atoms with E-state index in [0.29, 0.717) is 37.7 Å². The summed E-state index contributed by atoms with van der Waals surface area (Å²) in [6, 6.07) is 7.38. The normalized spacial score (nSPS) is 20.8. The van der Waals surface area contributed by atoms with E-state index < -0.39 is 11.9 Å². The molecule has 0 aromatic heterocycles. The minimum Gasteiger partial charge on any atom is -0.494 e. The molecule has 8 nitrogen and oxygen atoms in total. The van der Waals surface area contributed by atoms with E-state index in [4.69, 9.17) is 19.7 Å². The lowest BCUT2D eigenvalue weighted by molar-refractivity contribution is -0.151. The Labute approximate surface area is 163 Å². The molecule has 1 heterocycles. The standard InChI is InChI=1S/C20H23N3O5/c1-2-26-20(25)17-16(15-5-3-11-28-19(15)18(17)24)13-6-8-14(9-7-13)27-12-4-10-22-23-21/h6-9,16-17H,2-5,10-12H2,1H3.